The lowest BCUT2D eigenvalue weighted by Gasteiger charge is -2.39. The van der Waals surface area contributed by atoms with Crippen LogP contribution in [-0.4, -0.2) is 12.5 Å². The normalized spacial score (nSPS) is 17.5. The molecule has 0 unspecified atom stereocenters. The molecule has 2 rings (SSSR count). The Hall–Kier alpha value is -0.870. The molecule has 4 heteroatoms. The molecule has 1 aromatic heterocycles. The zero-order valence-corrected chi connectivity index (χ0v) is 11.1. The van der Waals surface area contributed by atoms with Gasteiger partial charge in [0, 0.05) is 16.3 Å². The maximum absolute atomic E-state index is 12.0. The second-order valence-electron chi connectivity index (χ2n) is 4.74. The van der Waals surface area contributed by atoms with Crippen LogP contribution in [0.3, 0.4) is 0 Å². The number of hydrogen-bond acceptors (Lipinski definition) is 3. The molecule has 0 radical (unpaired) electrons. The first-order valence-electron chi connectivity index (χ1n) is 6.26. The van der Waals surface area contributed by atoms with Gasteiger partial charge in [-0.3, -0.25) is 4.79 Å². The maximum atomic E-state index is 12.0. The number of carbonyl (C=O) groups excluding carboxylic acids is 1. The van der Waals surface area contributed by atoms with E-state index in [4.69, 9.17) is 5.73 Å². The van der Waals surface area contributed by atoms with Crippen molar-refractivity contribution >= 4 is 17.2 Å². The predicted octanol–water partition coefficient (Wildman–Crippen LogP) is 2.06. The second kappa shape index (κ2) is 5.19. The zero-order chi connectivity index (χ0) is 12.3. The summed E-state index contributed by atoms with van der Waals surface area (Å²) in [5.74, 6) is 0.137. The van der Waals surface area contributed by atoms with Crippen LogP contribution in [0.15, 0.2) is 12.1 Å². The van der Waals surface area contributed by atoms with Gasteiger partial charge in [0.2, 0.25) is 5.91 Å². The van der Waals surface area contributed by atoms with E-state index in [9.17, 15) is 4.79 Å². The van der Waals surface area contributed by atoms with Crippen LogP contribution in [0.4, 0.5) is 0 Å². The molecule has 3 N–H and O–H groups in total. The lowest BCUT2D eigenvalue weighted by atomic mass is 9.68. The van der Waals surface area contributed by atoms with Gasteiger partial charge < -0.3 is 11.1 Å². The van der Waals surface area contributed by atoms with Crippen LogP contribution in [0.5, 0.6) is 0 Å². The molecule has 0 aliphatic heterocycles. The molecule has 0 atom stereocenters. The van der Waals surface area contributed by atoms with Crippen LogP contribution in [-0.2, 0) is 17.8 Å². The number of rotatable bonds is 5. The molecule has 0 bridgehead atoms. The summed E-state index contributed by atoms with van der Waals surface area (Å²) in [5, 5.41) is 3.02. The summed E-state index contributed by atoms with van der Waals surface area (Å²) in [4.78, 5) is 14.6. The largest absolute Gasteiger partial charge is 0.351 e. The van der Waals surface area contributed by atoms with E-state index in [1.165, 1.54) is 9.75 Å². The van der Waals surface area contributed by atoms with E-state index < -0.39 is 0 Å². The van der Waals surface area contributed by atoms with Gasteiger partial charge in [0.15, 0.2) is 0 Å². The van der Waals surface area contributed by atoms with Crippen LogP contribution in [0, 0.1) is 5.41 Å². The first-order chi connectivity index (χ1) is 8.20. The Bertz CT molecular complexity index is 390. The highest BCUT2D eigenvalue weighted by atomic mass is 32.1. The Morgan fingerprint density at radius 3 is 2.65 bits per heavy atom. The number of carbonyl (C=O) groups is 1. The van der Waals surface area contributed by atoms with Crippen molar-refractivity contribution in [3.63, 3.8) is 0 Å². The minimum Gasteiger partial charge on any atom is -0.351 e. The molecule has 1 saturated carbocycles. The molecule has 0 saturated heterocycles. The van der Waals surface area contributed by atoms with Crippen molar-refractivity contribution in [2.45, 2.75) is 39.2 Å². The fraction of sp³-hybridized carbons (Fsp3) is 0.615. The third kappa shape index (κ3) is 2.53. The first kappa shape index (κ1) is 12.6. The van der Waals surface area contributed by atoms with Crippen LogP contribution >= 0.6 is 11.3 Å². The van der Waals surface area contributed by atoms with Gasteiger partial charge in [-0.2, -0.15) is 0 Å². The first-order valence-corrected chi connectivity index (χ1v) is 7.08. The topological polar surface area (TPSA) is 55.1 Å². The van der Waals surface area contributed by atoms with Crippen molar-refractivity contribution in [1.82, 2.24) is 5.32 Å². The van der Waals surface area contributed by atoms with E-state index in [-0.39, 0.29) is 11.3 Å². The summed E-state index contributed by atoms with van der Waals surface area (Å²) < 4.78 is 0. The van der Waals surface area contributed by atoms with Gasteiger partial charge in [-0.15, -0.1) is 11.3 Å². The molecule has 17 heavy (non-hydrogen) atoms. The second-order valence-corrected chi connectivity index (χ2v) is 6.00. The molecular weight excluding hydrogens is 232 g/mol. The van der Waals surface area contributed by atoms with E-state index in [2.05, 4.69) is 24.4 Å². The smallest absolute Gasteiger partial charge is 0.227 e. The fourth-order valence-corrected chi connectivity index (χ4v) is 3.09. The molecule has 0 spiro atoms. The summed E-state index contributed by atoms with van der Waals surface area (Å²) >= 11 is 1.77. The Morgan fingerprint density at radius 1 is 1.47 bits per heavy atom. The van der Waals surface area contributed by atoms with Crippen LogP contribution in [0.2, 0.25) is 0 Å². The zero-order valence-electron chi connectivity index (χ0n) is 10.3. The molecule has 1 aliphatic rings. The predicted molar refractivity (Wildman–Crippen MR) is 70.9 cm³/mol. The number of aryl methyl sites for hydroxylation is 1. The number of nitrogens with two attached hydrogens (primary N) is 1. The molecule has 0 aromatic carbocycles. The van der Waals surface area contributed by atoms with Crippen molar-refractivity contribution in [3.05, 3.63) is 21.9 Å². The molecule has 1 aliphatic carbocycles. The van der Waals surface area contributed by atoms with Gasteiger partial charge in [-0.05, 0) is 31.4 Å². The van der Waals surface area contributed by atoms with Crippen molar-refractivity contribution in [1.29, 1.82) is 0 Å². The van der Waals surface area contributed by atoms with E-state index in [0.717, 1.165) is 25.7 Å². The summed E-state index contributed by atoms with van der Waals surface area (Å²) in [5.41, 5.74) is 5.45. The Balaban J connectivity index is 1.87. The van der Waals surface area contributed by atoms with Crippen molar-refractivity contribution in [2.75, 3.05) is 6.54 Å². The average Bonchev–Trinajstić information content (AvgIpc) is 2.73. The Labute approximate surface area is 106 Å². The van der Waals surface area contributed by atoms with Gasteiger partial charge in [-0.1, -0.05) is 13.3 Å². The lowest BCUT2D eigenvalue weighted by molar-refractivity contribution is -0.135. The number of thiophene rings is 1. The number of amides is 1. The van der Waals surface area contributed by atoms with Crippen LogP contribution in [0.25, 0.3) is 0 Å². The van der Waals surface area contributed by atoms with Gasteiger partial charge in [0.1, 0.15) is 0 Å². The van der Waals surface area contributed by atoms with E-state index >= 15 is 0 Å². The summed E-state index contributed by atoms with van der Waals surface area (Å²) in [6.07, 6.45) is 4.08. The number of nitrogens with one attached hydrogen (secondary N) is 1. The van der Waals surface area contributed by atoms with Gasteiger partial charge in [0.05, 0.1) is 12.0 Å². The highest BCUT2D eigenvalue weighted by molar-refractivity contribution is 7.11. The fourth-order valence-electron chi connectivity index (χ4n) is 2.19. The minimum absolute atomic E-state index is 0.137. The minimum atomic E-state index is -0.259. The molecule has 94 valence electrons. The van der Waals surface area contributed by atoms with Gasteiger partial charge >= 0.3 is 0 Å². The van der Waals surface area contributed by atoms with E-state index in [1.54, 1.807) is 11.3 Å². The van der Waals surface area contributed by atoms with Crippen molar-refractivity contribution in [3.8, 4) is 0 Å². The summed E-state index contributed by atoms with van der Waals surface area (Å²) in [6.45, 7) is 3.26. The summed E-state index contributed by atoms with van der Waals surface area (Å²) in [7, 11) is 0. The highest BCUT2D eigenvalue weighted by Gasteiger charge is 2.42. The lowest BCUT2D eigenvalue weighted by Crippen LogP contribution is -2.50. The van der Waals surface area contributed by atoms with Gasteiger partial charge in [-0.25, -0.2) is 0 Å². The Morgan fingerprint density at radius 2 is 2.18 bits per heavy atom. The quantitative estimate of drug-likeness (QED) is 0.842. The molecule has 1 fully saturated rings. The van der Waals surface area contributed by atoms with Crippen LogP contribution < -0.4 is 11.1 Å². The molecule has 1 amide bonds. The highest BCUT2D eigenvalue weighted by Crippen LogP contribution is 2.40. The summed E-state index contributed by atoms with van der Waals surface area (Å²) in [6, 6.07) is 4.23. The number of hydrogen-bond donors (Lipinski definition) is 2. The third-order valence-corrected chi connectivity index (χ3v) is 4.90. The SMILES string of the molecule is CCc1ccc(CNC(=O)C2(CN)CCC2)s1. The van der Waals surface area contributed by atoms with E-state index in [1.807, 2.05) is 0 Å². The monoisotopic (exact) mass is 252 g/mol. The molecular formula is C13H20N2OS. The van der Waals surface area contributed by atoms with Crippen molar-refractivity contribution < 1.29 is 4.79 Å². The molecule has 3 nitrogen and oxygen atoms in total. The van der Waals surface area contributed by atoms with Crippen molar-refractivity contribution in [2.24, 2.45) is 11.1 Å². The third-order valence-electron chi connectivity index (χ3n) is 3.67. The molecule has 1 heterocycles. The maximum Gasteiger partial charge on any atom is 0.227 e. The van der Waals surface area contributed by atoms with E-state index in [0.29, 0.717) is 13.1 Å². The van der Waals surface area contributed by atoms with Crippen LogP contribution in [0.1, 0.15) is 35.9 Å². The standard InChI is InChI=1S/C13H20N2OS/c1-2-10-4-5-11(17-10)8-15-12(16)13(9-14)6-3-7-13/h4-5H,2-3,6-9,14H2,1H3,(H,15,16). The average molecular weight is 252 g/mol. The van der Waals surface area contributed by atoms with Gasteiger partial charge in [0.25, 0.3) is 0 Å². The Kier molecular flexibility index (Phi) is 3.84. The molecule has 1 aromatic rings.